The number of nitrogens with two attached hydrogens (primary N) is 2. The van der Waals surface area contributed by atoms with Crippen LogP contribution in [0.2, 0.25) is 0 Å². The molecule has 0 unspecified atom stereocenters. The second kappa shape index (κ2) is 8.47. The van der Waals surface area contributed by atoms with E-state index < -0.39 is 5.41 Å². The van der Waals surface area contributed by atoms with Gasteiger partial charge in [0.05, 0.1) is 22.5 Å². The first-order valence-electron chi connectivity index (χ1n) is 10.8. The van der Waals surface area contributed by atoms with E-state index in [2.05, 4.69) is 27.1 Å². The third kappa shape index (κ3) is 3.99. The Hall–Kier alpha value is -2.65. The van der Waals surface area contributed by atoms with Gasteiger partial charge in [-0.3, -0.25) is 5.41 Å². The van der Waals surface area contributed by atoms with Crippen LogP contribution in [0.3, 0.4) is 0 Å². The van der Waals surface area contributed by atoms with Crippen molar-refractivity contribution in [3.05, 3.63) is 40.2 Å². The van der Waals surface area contributed by atoms with Gasteiger partial charge in [0.2, 0.25) is 5.95 Å². The Morgan fingerprint density at radius 2 is 2.23 bits per heavy atom. The average molecular weight is 442 g/mol. The lowest BCUT2D eigenvalue weighted by molar-refractivity contribution is 0.285. The summed E-state index contributed by atoms with van der Waals surface area (Å²) in [5, 5.41) is 23.7. The zero-order valence-corrected chi connectivity index (χ0v) is 18.9. The van der Waals surface area contributed by atoms with Crippen molar-refractivity contribution in [3.63, 3.8) is 0 Å². The molecule has 2 aromatic rings. The molecule has 1 aliphatic carbocycles. The first-order chi connectivity index (χ1) is 14.8. The Morgan fingerprint density at radius 1 is 1.42 bits per heavy atom. The number of aromatic nitrogens is 2. The molecule has 1 fully saturated rings. The lowest BCUT2D eigenvalue weighted by Gasteiger charge is -2.34. The number of allylic oxidation sites excluding steroid dienone is 2. The first kappa shape index (κ1) is 21.6. The summed E-state index contributed by atoms with van der Waals surface area (Å²) in [7, 11) is 0. The van der Waals surface area contributed by atoms with E-state index in [0.717, 1.165) is 55.8 Å². The maximum atomic E-state index is 11.1. The molecule has 4 rings (SSSR count). The molecule has 31 heavy (non-hydrogen) atoms. The van der Waals surface area contributed by atoms with Crippen LogP contribution in [0.15, 0.2) is 24.1 Å². The average Bonchev–Trinajstić information content (AvgIpc) is 2.90. The number of rotatable bonds is 4. The number of hydrogen-bond acceptors (Lipinski definition) is 9. The van der Waals surface area contributed by atoms with Gasteiger partial charge in [-0.25, -0.2) is 9.97 Å². The summed E-state index contributed by atoms with van der Waals surface area (Å²) in [5.41, 5.74) is 13.8. The van der Waals surface area contributed by atoms with Crippen LogP contribution < -0.4 is 21.7 Å². The van der Waals surface area contributed by atoms with Crippen LogP contribution in [0.1, 0.15) is 49.2 Å². The van der Waals surface area contributed by atoms with E-state index in [-0.39, 0.29) is 17.5 Å². The summed E-state index contributed by atoms with van der Waals surface area (Å²) >= 11 is 1.50. The fourth-order valence-corrected chi connectivity index (χ4v) is 5.76. The zero-order valence-electron chi connectivity index (χ0n) is 18.1. The Bertz CT molecular complexity index is 1020. The maximum Gasteiger partial charge on any atom is 0.226 e. The largest absolute Gasteiger partial charge is 0.511 e. The van der Waals surface area contributed by atoms with Crippen LogP contribution in [0.4, 0.5) is 16.6 Å². The van der Waals surface area contributed by atoms with Gasteiger partial charge in [0.25, 0.3) is 0 Å². The molecular formula is C22H31N7OS. The molecule has 2 aromatic heterocycles. The Morgan fingerprint density at radius 3 is 3.03 bits per heavy atom. The van der Waals surface area contributed by atoms with E-state index in [9.17, 15) is 5.11 Å². The summed E-state index contributed by atoms with van der Waals surface area (Å²) in [4.78, 5) is 12.4. The quantitative estimate of drug-likeness (QED) is 0.363. The highest BCUT2D eigenvalue weighted by Gasteiger charge is 2.40. The lowest BCUT2D eigenvalue weighted by atomic mass is 9.71. The predicted octanol–water partition coefficient (Wildman–Crippen LogP) is 2.99. The lowest BCUT2D eigenvalue weighted by Crippen LogP contribution is -2.38. The number of aliphatic hydroxyl groups is 1. The predicted molar refractivity (Wildman–Crippen MR) is 127 cm³/mol. The van der Waals surface area contributed by atoms with Gasteiger partial charge in [-0.1, -0.05) is 0 Å². The van der Waals surface area contributed by atoms with E-state index in [4.69, 9.17) is 16.9 Å². The first-order valence-corrected chi connectivity index (χ1v) is 11.6. The molecule has 0 saturated carbocycles. The topological polar surface area (TPSA) is 137 Å². The van der Waals surface area contributed by atoms with Gasteiger partial charge in [0.15, 0.2) is 0 Å². The molecular weight excluding hydrogens is 410 g/mol. The molecule has 3 heterocycles. The summed E-state index contributed by atoms with van der Waals surface area (Å²) in [6.07, 6.45) is 6.81. The Kier molecular flexibility index (Phi) is 5.90. The number of nitrogens with one attached hydrogen (secondary N) is 2. The summed E-state index contributed by atoms with van der Waals surface area (Å²) in [6.45, 7) is 6.83. The van der Waals surface area contributed by atoms with Gasteiger partial charge < -0.3 is 26.8 Å². The molecule has 2 aliphatic rings. The number of thiophene rings is 1. The SMILES string of the molecule is C[C@H]1CNCCCN1c1nccc(C(=N)/C=C(\O)[C@@]2(C)CCCc3sc(N)c(N)c32)n1. The number of anilines is 3. The minimum Gasteiger partial charge on any atom is -0.511 e. The molecule has 0 bridgehead atoms. The maximum absolute atomic E-state index is 11.1. The molecule has 0 spiro atoms. The van der Waals surface area contributed by atoms with Crippen LogP contribution in [-0.4, -0.2) is 46.5 Å². The van der Waals surface area contributed by atoms with Crippen molar-refractivity contribution in [3.8, 4) is 0 Å². The summed E-state index contributed by atoms with van der Waals surface area (Å²) in [6, 6.07) is 1.98. The monoisotopic (exact) mass is 441 g/mol. The fourth-order valence-electron chi connectivity index (χ4n) is 4.60. The minimum atomic E-state index is -0.654. The van der Waals surface area contributed by atoms with Crippen molar-refractivity contribution < 1.29 is 5.11 Å². The van der Waals surface area contributed by atoms with Gasteiger partial charge in [-0.15, -0.1) is 11.3 Å². The Labute approximate surface area is 186 Å². The molecule has 0 amide bonds. The van der Waals surface area contributed by atoms with Gasteiger partial charge in [0, 0.05) is 41.8 Å². The number of aryl methyl sites for hydroxylation is 1. The van der Waals surface area contributed by atoms with E-state index in [1.54, 1.807) is 12.3 Å². The van der Waals surface area contributed by atoms with Crippen molar-refractivity contribution >= 4 is 33.7 Å². The van der Waals surface area contributed by atoms with Crippen LogP contribution in [0, 0.1) is 5.41 Å². The number of fused-ring (bicyclic) bond motifs is 1. The number of hydrogen-bond donors (Lipinski definition) is 5. The van der Waals surface area contributed by atoms with Gasteiger partial charge in [-0.05, 0) is 52.1 Å². The van der Waals surface area contributed by atoms with Crippen molar-refractivity contribution in [2.45, 2.75) is 51.0 Å². The molecule has 1 saturated heterocycles. The third-order valence-electron chi connectivity index (χ3n) is 6.43. The van der Waals surface area contributed by atoms with Crippen molar-refractivity contribution in [1.29, 1.82) is 5.41 Å². The molecule has 166 valence electrons. The second-order valence-electron chi connectivity index (χ2n) is 8.65. The molecule has 8 nitrogen and oxygen atoms in total. The second-order valence-corrected chi connectivity index (χ2v) is 9.79. The fraction of sp³-hybridized carbons (Fsp3) is 0.500. The smallest absolute Gasteiger partial charge is 0.226 e. The third-order valence-corrected chi connectivity index (χ3v) is 7.52. The minimum absolute atomic E-state index is 0.121. The van der Waals surface area contributed by atoms with Crippen LogP contribution >= 0.6 is 11.3 Å². The number of nitrogen functional groups attached to an aromatic ring is 2. The van der Waals surface area contributed by atoms with Crippen molar-refractivity contribution in [1.82, 2.24) is 15.3 Å². The van der Waals surface area contributed by atoms with E-state index in [1.165, 1.54) is 17.4 Å². The van der Waals surface area contributed by atoms with Crippen LogP contribution in [-0.2, 0) is 11.8 Å². The molecule has 2 atom stereocenters. The number of nitrogens with zero attached hydrogens (tertiary/aromatic N) is 3. The highest BCUT2D eigenvalue weighted by atomic mass is 32.1. The molecule has 0 radical (unpaired) electrons. The molecule has 7 N–H and O–H groups in total. The van der Waals surface area contributed by atoms with Crippen molar-refractivity contribution in [2.24, 2.45) is 0 Å². The summed E-state index contributed by atoms with van der Waals surface area (Å²) in [5.74, 6) is 0.739. The number of aliphatic hydroxyl groups excluding tert-OH is 1. The highest BCUT2D eigenvalue weighted by Crippen LogP contribution is 2.50. The van der Waals surface area contributed by atoms with E-state index >= 15 is 0 Å². The van der Waals surface area contributed by atoms with Crippen LogP contribution in [0.5, 0.6) is 0 Å². The normalized spacial score (nSPS) is 24.5. The van der Waals surface area contributed by atoms with Crippen molar-refractivity contribution in [2.75, 3.05) is 36.0 Å². The zero-order chi connectivity index (χ0) is 22.2. The summed E-state index contributed by atoms with van der Waals surface area (Å²) < 4.78 is 0. The van der Waals surface area contributed by atoms with Gasteiger partial charge in [-0.2, -0.15) is 0 Å². The van der Waals surface area contributed by atoms with Gasteiger partial charge in [0.1, 0.15) is 10.8 Å². The van der Waals surface area contributed by atoms with Crippen LogP contribution in [0.25, 0.3) is 0 Å². The Balaban J connectivity index is 1.63. The molecule has 0 aromatic carbocycles. The van der Waals surface area contributed by atoms with E-state index in [1.807, 2.05) is 6.92 Å². The highest BCUT2D eigenvalue weighted by molar-refractivity contribution is 7.16. The molecule has 9 heteroatoms. The standard InChI is InChI=1S/C22H31N7OS/c1-13-12-26-8-4-10-29(13)21-27-9-6-15(28-21)14(23)11-17(30)22(2)7-3-5-16-18(22)19(24)20(25)31-16/h6,9,11,13,23,26,30H,3-5,7-8,10,12,24-25H2,1-2H3/b17-11-,23-14?/t13-,22+/m0/s1. The molecule has 1 aliphatic heterocycles. The van der Waals surface area contributed by atoms with E-state index in [0.29, 0.717) is 22.3 Å². The van der Waals surface area contributed by atoms with Gasteiger partial charge >= 0.3 is 0 Å².